The smallest absolute Gasteiger partial charge is 0.159 e. The number of carbonyl (C=O) groups excluding carboxylic acids is 1. The van der Waals surface area contributed by atoms with Gasteiger partial charge in [0, 0.05) is 12.5 Å². The second kappa shape index (κ2) is 5.91. The Kier molecular flexibility index (Phi) is 4.25. The zero-order valence-corrected chi connectivity index (χ0v) is 11.8. The third-order valence-electron chi connectivity index (χ3n) is 3.65. The molecule has 19 heavy (non-hydrogen) atoms. The van der Waals surface area contributed by atoms with E-state index >= 15 is 0 Å². The fourth-order valence-corrected chi connectivity index (χ4v) is 2.47. The minimum Gasteiger partial charge on any atom is -0.497 e. The molecule has 3 heteroatoms. The van der Waals surface area contributed by atoms with E-state index in [9.17, 15) is 4.79 Å². The summed E-state index contributed by atoms with van der Waals surface area (Å²) in [5.41, 5.74) is 3.40. The van der Waals surface area contributed by atoms with Crippen LogP contribution in [0.2, 0.25) is 0 Å². The number of Topliss-reactive ketones (excluding diaryl/α,β-unsaturated/α-hetero) is 1. The summed E-state index contributed by atoms with van der Waals surface area (Å²) in [7, 11) is 3.29. The molecule has 1 aromatic rings. The SMILES string of the molecule is COc1cc(CCC2=C(C)CCC2=O)cc(OC)c1. The predicted octanol–water partition coefficient (Wildman–Crippen LogP) is 3.32. The Bertz CT molecular complexity index is 492. The molecule has 0 radical (unpaired) electrons. The predicted molar refractivity (Wildman–Crippen MR) is 74.8 cm³/mol. The van der Waals surface area contributed by atoms with Gasteiger partial charge in [0.2, 0.25) is 0 Å². The van der Waals surface area contributed by atoms with Crippen LogP contribution in [0.3, 0.4) is 0 Å². The first-order chi connectivity index (χ1) is 9.13. The Balaban J connectivity index is 2.11. The summed E-state index contributed by atoms with van der Waals surface area (Å²) in [6.07, 6.45) is 3.26. The van der Waals surface area contributed by atoms with Crippen molar-refractivity contribution in [2.24, 2.45) is 0 Å². The number of ketones is 1. The first kappa shape index (κ1) is 13.7. The Labute approximate surface area is 114 Å². The molecule has 1 aliphatic carbocycles. The number of carbonyl (C=O) groups is 1. The highest BCUT2D eigenvalue weighted by atomic mass is 16.5. The summed E-state index contributed by atoms with van der Waals surface area (Å²) in [6.45, 7) is 2.06. The van der Waals surface area contributed by atoms with Crippen molar-refractivity contribution in [2.75, 3.05) is 14.2 Å². The number of allylic oxidation sites excluding steroid dienone is 2. The average molecular weight is 260 g/mol. The largest absolute Gasteiger partial charge is 0.497 e. The standard InChI is InChI=1S/C16H20O3/c1-11-4-7-16(17)15(11)6-5-12-8-13(18-2)10-14(9-12)19-3/h8-10H,4-7H2,1-3H3. The number of hydrogen-bond acceptors (Lipinski definition) is 3. The molecule has 2 rings (SSSR count). The summed E-state index contributed by atoms with van der Waals surface area (Å²) in [4.78, 5) is 11.7. The van der Waals surface area contributed by atoms with Gasteiger partial charge in [-0.1, -0.05) is 5.57 Å². The zero-order valence-electron chi connectivity index (χ0n) is 11.8. The normalized spacial score (nSPS) is 15.0. The number of benzene rings is 1. The minimum absolute atomic E-state index is 0.312. The van der Waals surface area contributed by atoms with Crippen molar-refractivity contribution in [3.05, 3.63) is 34.9 Å². The van der Waals surface area contributed by atoms with Crippen LogP contribution in [-0.2, 0) is 11.2 Å². The Morgan fingerprint density at radius 2 is 1.63 bits per heavy atom. The molecular formula is C16H20O3. The maximum Gasteiger partial charge on any atom is 0.159 e. The molecule has 0 spiro atoms. The van der Waals surface area contributed by atoms with Crippen LogP contribution in [0.4, 0.5) is 0 Å². The van der Waals surface area contributed by atoms with Gasteiger partial charge in [0.05, 0.1) is 14.2 Å². The van der Waals surface area contributed by atoms with Crippen molar-refractivity contribution in [2.45, 2.75) is 32.6 Å². The third kappa shape index (κ3) is 3.16. The maximum absolute atomic E-state index is 11.7. The zero-order chi connectivity index (χ0) is 13.8. The molecule has 0 N–H and O–H groups in total. The van der Waals surface area contributed by atoms with Crippen molar-refractivity contribution in [3.63, 3.8) is 0 Å². The molecule has 0 fully saturated rings. The lowest BCUT2D eigenvalue weighted by Gasteiger charge is -2.09. The van der Waals surface area contributed by atoms with Crippen LogP contribution >= 0.6 is 0 Å². The molecule has 0 aliphatic heterocycles. The van der Waals surface area contributed by atoms with Crippen LogP contribution in [0, 0.1) is 0 Å². The third-order valence-corrected chi connectivity index (χ3v) is 3.65. The molecule has 0 unspecified atom stereocenters. The monoisotopic (exact) mass is 260 g/mol. The van der Waals surface area contributed by atoms with Crippen molar-refractivity contribution in [1.82, 2.24) is 0 Å². The van der Waals surface area contributed by atoms with Crippen molar-refractivity contribution < 1.29 is 14.3 Å². The van der Waals surface area contributed by atoms with Gasteiger partial charge in [0.15, 0.2) is 5.78 Å². The highest BCUT2D eigenvalue weighted by Crippen LogP contribution is 2.28. The van der Waals surface area contributed by atoms with Crippen LogP contribution in [0.5, 0.6) is 11.5 Å². The molecule has 0 saturated carbocycles. The lowest BCUT2D eigenvalue weighted by atomic mass is 10.0. The Hall–Kier alpha value is -1.77. The van der Waals surface area contributed by atoms with Gasteiger partial charge in [-0.15, -0.1) is 0 Å². The fourth-order valence-electron chi connectivity index (χ4n) is 2.47. The molecule has 1 aromatic carbocycles. The highest BCUT2D eigenvalue weighted by Gasteiger charge is 2.19. The van der Waals surface area contributed by atoms with E-state index in [2.05, 4.69) is 6.92 Å². The lowest BCUT2D eigenvalue weighted by Crippen LogP contribution is -1.99. The molecule has 0 saturated heterocycles. The van der Waals surface area contributed by atoms with E-state index in [1.165, 1.54) is 5.57 Å². The van der Waals surface area contributed by atoms with Gasteiger partial charge in [0.25, 0.3) is 0 Å². The van der Waals surface area contributed by atoms with Crippen LogP contribution in [0.1, 0.15) is 31.7 Å². The lowest BCUT2D eigenvalue weighted by molar-refractivity contribution is -0.115. The minimum atomic E-state index is 0.312. The van der Waals surface area contributed by atoms with E-state index in [0.29, 0.717) is 12.2 Å². The van der Waals surface area contributed by atoms with Crippen molar-refractivity contribution in [1.29, 1.82) is 0 Å². The second-order valence-corrected chi connectivity index (χ2v) is 4.90. The summed E-state index contributed by atoms with van der Waals surface area (Å²) >= 11 is 0. The summed E-state index contributed by atoms with van der Waals surface area (Å²) in [5, 5.41) is 0. The van der Waals surface area contributed by atoms with Gasteiger partial charge in [-0.3, -0.25) is 4.79 Å². The Morgan fingerprint density at radius 1 is 1.00 bits per heavy atom. The summed E-state index contributed by atoms with van der Waals surface area (Å²) in [6, 6.07) is 5.85. The van der Waals surface area contributed by atoms with Crippen LogP contribution in [-0.4, -0.2) is 20.0 Å². The van der Waals surface area contributed by atoms with E-state index in [1.54, 1.807) is 14.2 Å². The molecule has 3 nitrogen and oxygen atoms in total. The molecule has 0 aromatic heterocycles. The van der Waals surface area contributed by atoms with Gasteiger partial charge in [-0.25, -0.2) is 0 Å². The van der Waals surface area contributed by atoms with Crippen molar-refractivity contribution in [3.8, 4) is 11.5 Å². The topological polar surface area (TPSA) is 35.5 Å². The van der Waals surface area contributed by atoms with Gasteiger partial charge in [-0.2, -0.15) is 0 Å². The quantitative estimate of drug-likeness (QED) is 0.814. The van der Waals surface area contributed by atoms with Crippen LogP contribution in [0.25, 0.3) is 0 Å². The van der Waals surface area contributed by atoms with Crippen molar-refractivity contribution >= 4 is 5.78 Å². The average Bonchev–Trinajstić information content (AvgIpc) is 2.75. The number of rotatable bonds is 5. The number of ether oxygens (including phenoxy) is 2. The molecule has 102 valence electrons. The molecule has 1 aliphatic rings. The highest BCUT2D eigenvalue weighted by molar-refractivity contribution is 5.98. The van der Waals surface area contributed by atoms with Gasteiger partial charge >= 0.3 is 0 Å². The van der Waals surface area contributed by atoms with Gasteiger partial charge in [-0.05, 0) is 49.5 Å². The van der Waals surface area contributed by atoms with Gasteiger partial charge in [0.1, 0.15) is 11.5 Å². The fraction of sp³-hybridized carbons (Fsp3) is 0.438. The number of aryl methyl sites for hydroxylation is 1. The first-order valence-corrected chi connectivity index (χ1v) is 6.58. The second-order valence-electron chi connectivity index (χ2n) is 4.90. The molecule has 0 atom stereocenters. The van der Waals surface area contributed by atoms with Gasteiger partial charge < -0.3 is 9.47 Å². The number of hydrogen-bond donors (Lipinski definition) is 0. The van der Waals surface area contributed by atoms with E-state index in [-0.39, 0.29) is 0 Å². The maximum atomic E-state index is 11.7. The first-order valence-electron chi connectivity index (χ1n) is 6.58. The number of methoxy groups -OCH3 is 2. The summed E-state index contributed by atoms with van der Waals surface area (Å²) in [5.74, 6) is 1.89. The van der Waals surface area contributed by atoms with Crippen LogP contribution in [0.15, 0.2) is 29.3 Å². The van der Waals surface area contributed by atoms with E-state index in [0.717, 1.165) is 41.9 Å². The molecule has 0 amide bonds. The van der Waals surface area contributed by atoms with E-state index in [1.807, 2.05) is 18.2 Å². The van der Waals surface area contributed by atoms with E-state index < -0.39 is 0 Å². The molecular weight excluding hydrogens is 240 g/mol. The van der Waals surface area contributed by atoms with Crippen LogP contribution < -0.4 is 9.47 Å². The summed E-state index contributed by atoms with van der Waals surface area (Å²) < 4.78 is 10.5. The molecule has 0 heterocycles. The van der Waals surface area contributed by atoms with E-state index in [4.69, 9.17) is 9.47 Å². The molecule has 0 bridgehead atoms. The Morgan fingerprint density at radius 3 is 2.11 bits per heavy atom.